The first-order valence-electron chi connectivity index (χ1n) is 7.93. The lowest BCUT2D eigenvalue weighted by atomic mass is 10.0. The van der Waals surface area contributed by atoms with E-state index >= 15 is 0 Å². The monoisotopic (exact) mass is 287 g/mol. The molecule has 1 saturated heterocycles. The van der Waals surface area contributed by atoms with Crippen LogP contribution in [0.25, 0.3) is 0 Å². The van der Waals surface area contributed by atoms with E-state index < -0.39 is 0 Å². The molecule has 0 bridgehead atoms. The van der Waals surface area contributed by atoms with Crippen molar-refractivity contribution >= 4 is 5.82 Å². The highest BCUT2D eigenvalue weighted by Gasteiger charge is 2.26. The van der Waals surface area contributed by atoms with E-state index in [1.165, 1.54) is 0 Å². The number of rotatable bonds is 4. The van der Waals surface area contributed by atoms with Crippen LogP contribution in [0.3, 0.4) is 0 Å². The van der Waals surface area contributed by atoms with E-state index in [1.807, 2.05) is 0 Å². The van der Waals surface area contributed by atoms with Crippen LogP contribution in [-0.2, 0) is 12.8 Å². The van der Waals surface area contributed by atoms with Gasteiger partial charge in [0.05, 0.1) is 5.69 Å². The van der Waals surface area contributed by atoms with E-state index in [2.05, 4.69) is 53.8 Å². The minimum atomic E-state index is 0.480. The lowest BCUT2D eigenvalue weighted by Crippen LogP contribution is -2.52. The highest BCUT2D eigenvalue weighted by molar-refractivity contribution is 5.58. The fraction of sp³-hybridized carbons (Fsp3) is 0.688. The van der Waals surface area contributed by atoms with Gasteiger partial charge >= 0.3 is 0 Å². The van der Waals surface area contributed by atoms with Crippen LogP contribution in [0.5, 0.6) is 0 Å². The maximum atomic E-state index is 9.59. The Kier molecular flexibility index (Phi) is 5.13. The summed E-state index contributed by atoms with van der Waals surface area (Å²) in [5, 5.41) is 18.3. The van der Waals surface area contributed by atoms with Crippen LogP contribution in [0.15, 0.2) is 0 Å². The standard InChI is InChI=1S/C16H25N5/c1-5-13-14(10-17)16(19-18-15(13)6-2)21-9-8-20(7-3)12(4)11-21/h12H,5-9,11H2,1-4H3. The van der Waals surface area contributed by atoms with Gasteiger partial charge in [0.2, 0.25) is 0 Å². The molecule has 0 amide bonds. The zero-order valence-corrected chi connectivity index (χ0v) is 13.6. The molecule has 0 spiro atoms. The zero-order chi connectivity index (χ0) is 15.4. The molecule has 2 rings (SSSR count). The number of piperazine rings is 1. The predicted molar refractivity (Wildman–Crippen MR) is 84.4 cm³/mol. The molecule has 1 unspecified atom stereocenters. The topological polar surface area (TPSA) is 56.1 Å². The van der Waals surface area contributed by atoms with E-state index in [0.29, 0.717) is 6.04 Å². The molecule has 1 fully saturated rings. The minimum absolute atomic E-state index is 0.480. The minimum Gasteiger partial charge on any atom is -0.351 e. The number of hydrogen-bond donors (Lipinski definition) is 0. The Bertz CT molecular complexity index is 534. The predicted octanol–water partition coefficient (Wildman–Crippen LogP) is 2.00. The Labute approximate surface area is 127 Å². The quantitative estimate of drug-likeness (QED) is 0.848. The molecule has 114 valence electrons. The Balaban J connectivity index is 2.35. The Hall–Kier alpha value is -1.67. The van der Waals surface area contributed by atoms with Gasteiger partial charge < -0.3 is 4.90 Å². The van der Waals surface area contributed by atoms with Crippen molar-refractivity contribution in [1.82, 2.24) is 15.1 Å². The molecule has 0 radical (unpaired) electrons. The van der Waals surface area contributed by atoms with Crippen molar-refractivity contribution in [3.05, 3.63) is 16.8 Å². The largest absolute Gasteiger partial charge is 0.351 e. The number of anilines is 1. The zero-order valence-electron chi connectivity index (χ0n) is 13.6. The summed E-state index contributed by atoms with van der Waals surface area (Å²) in [6.07, 6.45) is 1.66. The van der Waals surface area contributed by atoms with E-state index in [4.69, 9.17) is 0 Å². The second-order valence-electron chi connectivity index (χ2n) is 5.57. The molecule has 0 N–H and O–H groups in total. The third-order valence-corrected chi connectivity index (χ3v) is 4.41. The average molecular weight is 287 g/mol. The van der Waals surface area contributed by atoms with Gasteiger partial charge in [-0.1, -0.05) is 20.8 Å². The lowest BCUT2D eigenvalue weighted by Gasteiger charge is -2.40. The molecule has 21 heavy (non-hydrogen) atoms. The Morgan fingerprint density at radius 2 is 1.95 bits per heavy atom. The van der Waals surface area contributed by atoms with Crippen LogP contribution in [0, 0.1) is 11.3 Å². The molecule has 1 aliphatic rings. The molecule has 1 aromatic rings. The third kappa shape index (κ3) is 3.01. The molecule has 1 aromatic heterocycles. The first-order chi connectivity index (χ1) is 10.2. The summed E-state index contributed by atoms with van der Waals surface area (Å²) in [5.74, 6) is 0.772. The summed E-state index contributed by atoms with van der Waals surface area (Å²) in [7, 11) is 0. The third-order valence-electron chi connectivity index (χ3n) is 4.41. The number of likely N-dealkylation sites (N-methyl/N-ethyl adjacent to an activating group) is 1. The fourth-order valence-electron chi connectivity index (χ4n) is 3.16. The first-order valence-corrected chi connectivity index (χ1v) is 7.93. The van der Waals surface area contributed by atoms with Crippen LogP contribution in [0.1, 0.15) is 44.5 Å². The van der Waals surface area contributed by atoms with Crippen LogP contribution in [0.4, 0.5) is 5.82 Å². The maximum absolute atomic E-state index is 9.59. The number of hydrogen-bond acceptors (Lipinski definition) is 5. The highest BCUT2D eigenvalue weighted by Crippen LogP contribution is 2.25. The van der Waals surface area contributed by atoms with Gasteiger partial charge in [0.25, 0.3) is 0 Å². The van der Waals surface area contributed by atoms with Crippen molar-refractivity contribution in [2.75, 3.05) is 31.1 Å². The van der Waals surface area contributed by atoms with Crippen LogP contribution in [0.2, 0.25) is 0 Å². The van der Waals surface area contributed by atoms with E-state index in [9.17, 15) is 5.26 Å². The second kappa shape index (κ2) is 6.86. The van der Waals surface area contributed by atoms with Gasteiger partial charge in [-0.05, 0) is 31.9 Å². The fourth-order valence-corrected chi connectivity index (χ4v) is 3.16. The first kappa shape index (κ1) is 15.7. The van der Waals surface area contributed by atoms with Crippen LogP contribution < -0.4 is 4.90 Å². The van der Waals surface area contributed by atoms with Gasteiger partial charge in [0, 0.05) is 25.7 Å². The Morgan fingerprint density at radius 1 is 1.19 bits per heavy atom. The number of nitriles is 1. The second-order valence-corrected chi connectivity index (χ2v) is 5.57. The molecule has 5 heteroatoms. The molecule has 2 heterocycles. The molecule has 1 aliphatic heterocycles. The lowest BCUT2D eigenvalue weighted by molar-refractivity contribution is 0.199. The van der Waals surface area contributed by atoms with Gasteiger partial charge in [-0.15, -0.1) is 5.10 Å². The summed E-state index contributed by atoms with van der Waals surface area (Å²) in [6.45, 7) is 12.5. The smallest absolute Gasteiger partial charge is 0.169 e. The number of nitrogens with zero attached hydrogens (tertiary/aromatic N) is 5. The average Bonchev–Trinajstić information content (AvgIpc) is 2.52. The van der Waals surface area contributed by atoms with Crippen molar-refractivity contribution in [2.45, 2.75) is 46.6 Å². The van der Waals surface area contributed by atoms with Crippen molar-refractivity contribution in [2.24, 2.45) is 0 Å². The van der Waals surface area contributed by atoms with Crippen LogP contribution >= 0.6 is 0 Å². The van der Waals surface area contributed by atoms with Crippen molar-refractivity contribution in [3.63, 3.8) is 0 Å². The number of aromatic nitrogens is 2. The van der Waals surface area contributed by atoms with Gasteiger partial charge in [-0.25, -0.2) is 0 Å². The molecule has 0 aliphatic carbocycles. The summed E-state index contributed by atoms with van der Waals surface area (Å²) in [4.78, 5) is 4.68. The molecule has 5 nitrogen and oxygen atoms in total. The SMILES string of the molecule is CCc1nnc(N2CCN(CC)C(C)C2)c(C#N)c1CC. The Morgan fingerprint density at radius 3 is 2.48 bits per heavy atom. The molecule has 1 atom stereocenters. The van der Waals surface area contributed by atoms with Gasteiger partial charge in [0.1, 0.15) is 11.6 Å². The van der Waals surface area contributed by atoms with Gasteiger partial charge in [0.15, 0.2) is 5.82 Å². The van der Waals surface area contributed by atoms with Gasteiger partial charge in [-0.3, -0.25) is 4.90 Å². The maximum Gasteiger partial charge on any atom is 0.169 e. The molecule has 0 aromatic carbocycles. The molecular formula is C16H25N5. The van der Waals surface area contributed by atoms with Crippen molar-refractivity contribution in [1.29, 1.82) is 5.26 Å². The van der Waals surface area contributed by atoms with E-state index in [1.54, 1.807) is 0 Å². The summed E-state index contributed by atoms with van der Waals surface area (Å²) in [6, 6.07) is 2.85. The summed E-state index contributed by atoms with van der Waals surface area (Å²) in [5.41, 5.74) is 2.75. The molecule has 0 saturated carbocycles. The van der Waals surface area contributed by atoms with E-state index in [-0.39, 0.29) is 0 Å². The molecular weight excluding hydrogens is 262 g/mol. The number of aryl methyl sites for hydroxylation is 1. The van der Waals surface area contributed by atoms with Crippen molar-refractivity contribution in [3.8, 4) is 6.07 Å². The highest BCUT2D eigenvalue weighted by atomic mass is 15.3. The normalized spacial score (nSPS) is 19.6. The summed E-state index contributed by atoms with van der Waals surface area (Å²) >= 11 is 0. The van der Waals surface area contributed by atoms with Crippen molar-refractivity contribution < 1.29 is 0 Å². The van der Waals surface area contributed by atoms with E-state index in [0.717, 1.165) is 61.7 Å². The summed E-state index contributed by atoms with van der Waals surface area (Å²) < 4.78 is 0. The van der Waals surface area contributed by atoms with Crippen LogP contribution in [-0.4, -0.2) is 47.3 Å². The van der Waals surface area contributed by atoms with Gasteiger partial charge in [-0.2, -0.15) is 10.4 Å².